The van der Waals surface area contributed by atoms with E-state index in [0.717, 1.165) is 0 Å². The lowest BCUT2D eigenvalue weighted by atomic mass is 9.71. The molecule has 0 saturated carbocycles. The number of anilines is 2. The van der Waals surface area contributed by atoms with E-state index in [-0.39, 0.29) is 28.1 Å². The van der Waals surface area contributed by atoms with Crippen molar-refractivity contribution in [3.63, 3.8) is 0 Å². The maximum Gasteiger partial charge on any atom is 0.404 e. The van der Waals surface area contributed by atoms with Crippen molar-refractivity contribution in [1.29, 1.82) is 5.26 Å². The molecule has 0 bridgehead atoms. The summed E-state index contributed by atoms with van der Waals surface area (Å²) in [4.78, 5) is 14.6. The van der Waals surface area contributed by atoms with E-state index in [9.17, 15) is 18.0 Å². The molecular formula is C18H16F3N3O2. The van der Waals surface area contributed by atoms with Gasteiger partial charge in [-0.25, -0.2) is 0 Å². The zero-order valence-corrected chi connectivity index (χ0v) is 14.1. The first kappa shape index (κ1) is 18.0. The Balaban J connectivity index is 2.39. The Bertz CT molecular complexity index is 944. The first-order valence-electron chi connectivity index (χ1n) is 7.93. The fourth-order valence-electron chi connectivity index (χ4n) is 3.15. The average molecular weight is 363 g/mol. The number of hydrogen-bond acceptors (Lipinski definition) is 4. The Morgan fingerprint density at radius 2 is 2.00 bits per heavy atom. The standard InChI is InChI=1S/C18H16F3N3O2/c1-10(2)26-9-17(18(19,20)21)12-5-6-23-16(25)15(12)24-14-4-3-11(8-22)7-13(14)17/h3-7,10,24H,9H2,1-2H3,(H,23,25). The van der Waals surface area contributed by atoms with Crippen molar-refractivity contribution in [3.05, 3.63) is 57.5 Å². The van der Waals surface area contributed by atoms with E-state index in [1.807, 2.05) is 6.07 Å². The van der Waals surface area contributed by atoms with Gasteiger partial charge < -0.3 is 15.0 Å². The number of aromatic amines is 1. The molecule has 1 aliphatic heterocycles. The minimum absolute atomic E-state index is 0.0945. The molecule has 2 N–H and O–H groups in total. The van der Waals surface area contributed by atoms with Crippen LogP contribution in [0.4, 0.5) is 24.5 Å². The fourth-order valence-corrected chi connectivity index (χ4v) is 3.15. The molecule has 8 heteroatoms. The van der Waals surface area contributed by atoms with E-state index < -0.39 is 29.9 Å². The molecule has 0 fully saturated rings. The number of halogens is 3. The number of fused-ring (bicyclic) bond motifs is 2. The van der Waals surface area contributed by atoms with Crippen molar-refractivity contribution < 1.29 is 17.9 Å². The van der Waals surface area contributed by atoms with Crippen molar-refractivity contribution >= 4 is 11.4 Å². The number of nitriles is 1. The van der Waals surface area contributed by atoms with E-state index in [0.29, 0.717) is 0 Å². The molecule has 5 nitrogen and oxygen atoms in total. The lowest BCUT2D eigenvalue weighted by molar-refractivity contribution is -0.195. The van der Waals surface area contributed by atoms with Gasteiger partial charge in [-0.3, -0.25) is 4.79 Å². The highest BCUT2D eigenvalue weighted by Crippen LogP contribution is 2.53. The van der Waals surface area contributed by atoms with Crippen LogP contribution in [0.3, 0.4) is 0 Å². The normalized spacial score (nSPS) is 18.7. The van der Waals surface area contributed by atoms with Gasteiger partial charge in [0, 0.05) is 17.4 Å². The van der Waals surface area contributed by atoms with E-state index in [1.54, 1.807) is 13.8 Å². The van der Waals surface area contributed by atoms with Crippen LogP contribution in [0.1, 0.15) is 30.5 Å². The summed E-state index contributed by atoms with van der Waals surface area (Å²) in [6.07, 6.45) is -4.02. The summed E-state index contributed by atoms with van der Waals surface area (Å²) < 4.78 is 48.8. The van der Waals surface area contributed by atoms with Crippen LogP contribution in [0, 0.1) is 11.3 Å². The van der Waals surface area contributed by atoms with Gasteiger partial charge >= 0.3 is 6.18 Å². The molecule has 0 amide bonds. The first-order chi connectivity index (χ1) is 12.2. The lowest BCUT2D eigenvalue weighted by Crippen LogP contribution is -2.50. The molecule has 1 aromatic carbocycles. The zero-order valence-electron chi connectivity index (χ0n) is 14.1. The summed E-state index contributed by atoms with van der Waals surface area (Å²) in [5.74, 6) is 0. The lowest BCUT2D eigenvalue weighted by Gasteiger charge is -2.42. The third kappa shape index (κ3) is 2.65. The van der Waals surface area contributed by atoms with Crippen LogP contribution in [-0.2, 0) is 10.2 Å². The highest BCUT2D eigenvalue weighted by atomic mass is 19.4. The summed E-state index contributed by atoms with van der Waals surface area (Å²) in [6, 6.07) is 7.06. The van der Waals surface area contributed by atoms with Crippen molar-refractivity contribution in [2.45, 2.75) is 31.5 Å². The monoisotopic (exact) mass is 363 g/mol. The molecule has 1 aliphatic rings. The molecular weight excluding hydrogens is 347 g/mol. The quantitative estimate of drug-likeness (QED) is 0.874. The van der Waals surface area contributed by atoms with Gasteiger partial charge in [-0.2, -0.15) is 18.4 Å². The Morgan fingerprint density at radius 3 is 2.62 bits per heavy atom. The van der Waals surface area contributed by atoms with Gasteiger partial charge in [0.05, 0.1) is 24.3 Å². The second-order valence-electron chi connectivity index (χ2n) is 6.36. The van der Waals surface area contributed by atoms with Crippen molar-refractivity contribution in [3.8, 4) is 6.07 Å². The summed E-state index contributed by atoms with van der Waals surface area (Å²) in [7, 11) is 0. The van der Waals surface area contributed by atoms with Gasteiger partial charge in [-0.05, 0) is 43.7 Å². The summed E-state index contributed by atoms with van der Waals surface area (Å²) in [5.41, 5.74) is -3.53. The fraction of sp³-hybridized carbons (Fsp3) is 0.333. The molecule has 1 aromatic heterocycles. The van der Waals surface area contributed by atoms with Crippen LogP contribution in [0.25, 0.3) is 0 Å². The Kier molecular flexibility index (Phi) is 4.28. The van der Waals surface area contributed by atoms with E-state index in [2.05, 4.69) is 10.3 Å². The van der Waals surface area contributed by atoms with Crippen molar-refractivity contribution in [1.82, 2.24) is 4.98 Å². The number of ether oxygens (including phenoxy) is 1. The minimum Gasteiger partial charge on any atom is -0.377 e. The summed E-state index contributed by atoms with van der Waals surface area (Å²) >= 11 is 0. The number of hydrogen-bond donors (Lipinski definition) is 2. The van der Waals surface area contributed by atoms with Gasteiger partial charge in [0.25, 0.3) is 5.56 Å². The molecule has 1 atom stereocenters. The highest BCUT2D eigenvalue weighted by molar-refractivity contribution is 5.76. The molecule has 0 radical (unpaired) electrons. The molecule has 26 heavy (non-hydrogen) atoms. The van der Waals surface area contributed by atoms with Crippen LogP contribution < -0.4 is 10.9 Å². The van der Waals surface area contributed by atoms with Gasteiger partial charge in [0.15, 0.2) is 0 Å². The molecule has 2 heterocycles. The average Bonchev–Trinajstić information content (AvgIpc) is 2.57. The number of pyridine rings is 1. The number of nitrogens with one attached hydrogen (secondary N) is 2. The number of H-pyrrole nitrogens is 1. The number of alkyl halides is 3. The topological polar surface area (TPSA) is 77.9 Å². The maximum absolute atomic E-state index is 14.5. The Hall–Kier alpha value is -2.79. The molecule has 0 aliphatic carbocycles. The highest BCUT2D eigenvalue weighted by Gasteiger charge is 2.61. The van der Waals surface area contributed by atoms with E-state index in [4.69, 9.17) is 10.00 Å². The first-order valence-corrected chi connectivity index (χ1v) is 7.93. The van der Waals surface area contributed by atoms with Gasteiger partial charge in [0.2, 0.25) is 0 Å². The van der Waals surface area contributed by atoms with Gasteiger partial charge in [-0.15, -0.1) is 0 Å². The van der Waals surface area contributed by atoms with Crippen LogP contribution in [0.5, 0.6) is 0 Å². The zero-order chi connectivity index (χ0) is 19.1. The maximum atomic E-state index is 14.5. The number of aromatic nitrogens is 1. The SMILES string of the molecule is CC(C)OCC1(C(F)(F)F)c2cc(C#N)ccc2Nc2c1cc[nH]c2=O. The third-order valence-electron chi connectivity index (χ3n) is 4.41. The predicted molar refractivity (Wildman–Crippen MR) is 89.4 cm³/mol. The minimum atomic E-state index is -4.75. The summed E-state index contributed by atoms with van der Waals surface area (Å²) in [5, 5.41) is 11.9. The van der Waals surface area contributed by atoms with Crippen LogP contribution in [0.2, 0.25) is 0 Å². The van der Waals surface area contributed by atoms with Crippen molar-refractivity contribution in [2.75, 3.05) is 11.9 Å². The number of rotatable bonds is 3. The molecule has 3 rings (SSSR count). The number of nitrogens with zero attached hydrogens (tertiary/aromatic N) is 1. The molecule has 136 valence electrons. The summed E-state index contributed by atoms with van der Waals surface area (Å²) in [6.45, 7) is 2.57. The van der Waals surface area contributed by atoms with Gasteiger partial charge in [0.1, 0.15) is 11.1 Å². The van der Waals surface area contributed by atoms with E-state index in [1.165, 1.54) is 30.5 Å². The number of benzene rings is 1. The second kappa shape index (κ2) is 6.18. The van der Waals surface area contributed by atoms with Crippen LogP contribution in [0.15, 0.2) is 35.3 Å². The third-order valence-corrected chi connectivity index (χ3v) is 4.41. The smallest absolute Gasteiger partial charge is 0.377 e. The van der Waals surface area contributed by atoms with Crippen LogP contribution >= 0.6 is 0 Å². The molecule has 0 saturated heterocycles. The Morgan fingerprint density at radius 1 is 1.27 bits per heavy atom. The largest absolute Gasteiger partial charge is 0.404 e. The molecule has 1 unspecified atom stereocenters. The van der Waals surface area contributed by atoms with Crippen LogP contribution in [-0.4, -0.2) is 23.9 Å². The molecule has 0 spiro atoms. The predicted octanol–water partition coefficient (Wildman–Crippen LogP) is 3.58. The van der Waals surface area contributed by atoms with Gasteiger partial charge in [-0.1, -0.05) is 0 Å². The molecule has 2 aromatic rings. The van der Waals surface area contributed by atoms with Crippen molar-refractivity contribution in [2.24, 2.45) is 0 Å². The van der Waals surface area contributed by atoms with E-state index >= 15 is 0 Å². The second-order valence-corrected chi connectivity index (χ2v) is 6.36. The Labute approximate surface area is 147 Å².